The quantitative estimate of drug-likeness (QED) is 0.535. The lowest BCUT2D eigenvalue weighted by molar-refractivity contribution is -0.159. The van der Waals surface area contributed by atoms with Gasteiger partial charge < -0.3 is 15.8 Å². The molecule has 1 aromatic carbocycles. The molecule has 154 valence electrons. The minimum Gasteiger partial charge on any atom is -0.454 e. The molecule has 1 saturated carbocycles. The topological polar surface area (TPSA) is 136 Å². The number of rotatable bonds is 6. The lowest BCUT2D eigenvalue weighted by atomic mass is 9.81. The van der Waals surface area contributed by atoms with Crippen molar-refractivity contribution < 1.29 is 28.7 Å². The van der Waals surface area contributed by atoms with E-state index in [9.17, 15) is 24.0 Å². The van der Waals surface area contributed by atoms with E-state index in [2.05, 4.69) is 5.32 Å². The van der Waals surface area contributed by atoms with Crippen molar-refractivity contribution in [1.29, 1.82) is 0 Å². The van der Waals surface area contributed by atoms with Crippen LogP contribution in [-0.4, -0.2) is 47.1 Å². The van der Waals surface area contributed by atoms with E-state index in [-0.39, 0.29) is 34.9 Å². The predicted molar refractivity (Wildman–Crippen MR) is 101 cm³/mol. The zero-order chi connectivity index (χ0) is 21.1. The van der Waals surface area contributed by atoms with E-state index >= 15 is 0 Å². The number of fused-ring (bicyclic) bond motifs is 1. The third-order valence-corrected chi connectivity index (χ3v) is 5.42. The highest BCUT2D eigenvalue weighted by Gasteiger charge is 2.51. The first-order valence-electron chi connectivity index (χ1n) is 9.53. The number of para-hydroxylation sites is 1. The van der Waals surface area contributed by atoms with Crippen molar-refractivity contribution in [3.8, 4) is 0 Å². The monoisotopic (exact) mass is 401 g/mol. The van der Waals surface area contributed by atoms with E-state index in [4.69, 9.17) is 10.5 Å². The number of primary amides is 1. The molecule has 4 amide bonds. The zero-order valence-electron chi connectivity index (χ0n) is 16.1. The second-order valence-corrected chi connectivity index (χ2v) is 7.29. The Kier molecular flexibility index (Phi) is 5.95. The van der Waals surface area contributed by atoms with Crippen LogP contribution in [0.4, 0.5) is 5.69 Å². The summed E-state index contributed by atoms with van der Waals surface area (Å²) in [5.74, 6) is -3.64. The molecule has 0 unspecified atom stereocenters. The van der Waals surface area contributed by atoms with E-state index in [0.29, 0.717) is 12.8 Å². The molecule has 9 nitrogen and oxygen atoms in total. The molecule has 1 heterocycles. The van der Waals surface area contributed by atoms with Gasteiger partial charge in [0.25, 0.3) is 11.8 Å². The average Bonchev–Trinajstić information content (AvgIpc) is 2.96. The number of ether oxygens (including phenoxy) is 1. The summed E-state index contributed by atoms with van der Waals surface area (Å²) in [7, 11) is 0. The molecule has 1 aliphatic heterocycles. The van der Waals surface area contributed by atoms with Crippen molar-refractivity contribution in [2.45, 2.75) is 38.6 Å². The number of carbonyl (C=O) groups is 5. The molecule has 2 aliphatic rings. The van der Waals surface area contributed by atoms with E-state index in [0.717, 1.165) is 17.7 Å². The summed E-state index contributed by atoms with van der Waals surface area (Å²) in [6.07, 6.45) is 3.07. The number of likely N-dealkylation sites (tertiary alicyclic amines) is 1. The molecule has 1 saturated heterocycles. The summed E-state index contributed by atoms with van der Waals surface area (Å²) in [4.78, 5) is 61.9. The number of carbonyl (C=O) groups excluding carboxylic acids is 5. The van der Waals surface area contributed by atoms with Crippen molar-refractivity contribution >= 4 is 35.3 Å². The van der Waals surface area contributed by atoms with Crippen LogP contribution in [0.3, 0.4) is 0 Å². The second kappa shape index (κ2) is 8.42. The van der Waals surface area contributed by atoms with Crippen molar-refractivity contribution in [3.63, 3.8) is 0 Å². The highest BCUT2D eigenvalue weighted by molar-refractivity contribution is 6.08. The fraction of sp³-hybridized carbons (Fsp3) is 0.450. The van der Waals surface area contributed by atoms with Crippen LogP contribution in [0.15, 0.2) is 24.3 Å². The van der Waals surface area contributed by atoms with Gasteiger partial charge in [0.15, 0.2) is 6.61 Å². The summed E-state index contributed by atoms with van der Waals surface area (Å²) >= 11 is 0. The van der Waals surface area contributed by atoms with Gasteiger partial charge in [-0.1, -0.05) is 25.0 Å². The Morgan fingerprint density at radius 2 is 1.72 bits per heavy atom. The first-order chi connectivity index (χ1) is 13.8. The molecule has 3 atom stereocenters. The first-order valence-corrected chi connectivity index (χ1v) is 9.53. The van der Waals surface area contributed by atoms with Crippen LogP contribution < -0.4 is 11.1 Å². The SMILES string of the molecule is C[C@@H](C(=O)OCC(=O)Nc1ccccc1C(N)=O)N1C(=O)[C@H]2CCCC[C@H]2C1=O. The van der Waals surface area contributed by atoms with Crippen molar-refractivity contribution in [2.75, 3.05) is 11.9 Å². The van der Waals surface area contributed by atoms with E-state index < -0.39 is 30.4 Å². The van der Waals surface area contributed by atoms with Gasteiger partial charge in [-0.25, -0.2) is 4.79 Å². The number of nitrogens with zero attached hydrogens (tertiary/aromatic N) is 1. The summed E-state index contributed by atoms with van der Waals surface area (Å²) in [5.41, 5.74) is 5.57. The molecule has 0 bridgehead atoms. The lowest BCUT2D eigenvalue weighted by Gasteiger charge is -2.21. The fourth-order valence-corrected chi connectivity index (χ4v) is 3.93. The Balaban J connectivity index is 1.58. The fourth-order valence-electron chi connectivity index (χ4n) is 3.93. The van der Waals surface area contributed by atoms with Gasteiger partial charge in [-0.15, -0.1) is 0 Å². The van der Waals surface area contributed by atoms with Gasteiger partial charge in [-0.3, -0.25) is 24.1 Å². The van der Waals surface area contributed by atoms with Gasteiger partial charge in [0.05, 0.1) is 23.1 Å². The minimum absolute atomic E-state index is 0.122. The largest absolute Gasteiger partial charge is 0.454 e. The van der Waals surface area contributed by atoms with Gasteiger partial charge in [-0.05, 0) is 31.9 Å². The minimum atomic E-state index is -1.11. The molecular formula is C20H23N3O6. The van der Waals surface area contributed by atoms with Crippen LogP contribution in [0.5, 0.6) is 0 Å². The Morgan fingerprint density at radius 1 is 1.14 bits per heavy atom. The number of anilines is 1. The molecule has 9 heteroatoms. The Labute approximate surface area is 167 Å². The normalized spacial score (nSPS) is 22.0. The summed E-state index contributed by atoms with van der Waals surface area (Å²) in [6, 6.07) is 5.05. The molecule has 1 aliphatic carbocycles. The second-order valence-electron chi connectivity index (χ2n) is 7.29. The summed E-state index contributed by atoms with van der Waals surface area (Å²) < 4.78 is 4.99. The van der Waals surface area contributed by atoms with Crippen LogP contribution in [0, 0.1) is 11.8 Å². The number of nitrogens with one attached hydrogen (secondary N) is 1. The average molecular weight is 401 g/mol. The maximum atomic E-state index is 12.6. The van der Waals surface area contributed by atoms with Gasteiger partial charge in [0.1, 0.15) is 6.04 Å². The Hall–Kier alpha value is -3.23. The van der Waals surface area contributed by atoms with Gasteiger partial charge in [-0.2, -0.15) is 0 Å². The van der Waals surface area contributed by atoms with E-state index in [1.807, 2.05) is 0 Å². The number of nitrogens with two attached hydrogens (primary N) is 1. The number of benzene rings is 1. The highest BCUT2D eigenvalue weighted by Crippen LogP contribution is 2.38. The van der Waals surface area contributed by atoms with Crippen molar-refractivity contribution in [1.82, 2.24) is 4.90 Å². The van der Waals surface area contributed by atoms with Gasteiger partial charge in [0, 0.05) is 0 Å². The molecule has 3 rings (SSSR count). The van der Waals surface area contributed by atoms with Crippen LogP contribution in [0.25, 0.3) is 0 Å². The third-order valence-electron chi connectivity index (χ3n) is 5.42. The molecule has 0 spiro atoms. The zero-order valence-corrected chi connectivity index (χ0v) is 16.1. The maximum absolute atomic E-state index is 12.6. The molecule has 0 radical (unpaired) electrons. The van der Waals surface area contributed by atoms with Crippen LogP contribution >= 0.6 is 0 Å². The van der Waals surface area contributed by atoms with E-state index in [1.54, 1.807) is 12.1 Å². The predicted octanol–water partition coefficient (Wildman–Crippen LogP) is 0.831. The highest BCUT2D eigenvalue weighted by atomic mass is 16.5. The summed E-state index contributed by atoms with van der Waals surface area (Å²) in [5, 5.41) is 2.45. The lowest BCUT2D eigenvalue weighted by Crippen LogP contribution is -2.45. The van der Waals surface area contributed by atoms with Crippen molar-refractivity contribution in [3.05, 3.63) is 29.8 Å². The molecule has 1 aromatic rings. The van der Waals surface area contributed by atoms with Crippen LogP contribution in [0.2, 0.25) is 0 Å². The molecule has 29 heavy (non-hydrogen) atoms. The maximum Gasteiger partial charge on any atom is 0.329 e. The summed E-state index contributed by atoms with van der Waals surface area (Å²) in [6.45, 7) is 0.787. The molecule has 3 N–H and O–H groups in total. The molecule has 0 aromatic heterocycles. The van der Waals surface area contributed by atoms with E-state index in [1.165, 1.54) is 19.1 Å². The number of imide groups is 1. The molecular weight excluding hydrogens is 378 g/mol. The number of hydrogen-bond donors (Lipinski definition) is 2. The van der Waals surface area contributed by atoms with Crippen LogP contribution in [0.1, 0.15) is 43.0 Å². The van der Waals surface area contributed by atoms with Crippen LogP contribution in [-0.2, 0) is 23.9 Å². The van der Waals surface area contributed by atoms with Gasteiger partial charge in [0.2, 0.25) is 11.8 Å². The number of amides is 4. The standard InChI is InChI=1S/C20H23N3O6/c1-11(23-18(26)12-6-2-3-7-13(12)19(23)27)20(28)29-10-16(24)22-15-9-5-4-8-14(15)17(21)25/h4-5,8-9,11-13H,2-3,6-7,10H2,1H3,(H2,21,25)(H,22,24)/t11-,12-,13+/m0/s1. The smallest absolute Gasteiger partial charge is 0.329 e. The van der Waals surface area contributed by atoms with Gasteiger partial charge >= 0.3 is 5.97 Å². The Morgan fingerprint density at radius 3 is 2.31 bits per heavy atom. The Bertz CT molecular complexity index is 844. The first kappa shape index (κ1) is 20.5. The number of hydrogen-bond acceptors (Lipinski definition) is 6. The molecule has 2 fully saturated rings. The number of esters is 1. The van der Waals surface area contributed by atoms with Crippen molar-refractivity contribution in [2.24, 2.45) is 17.6 Å². The third kappa shape index (κ3) is 4.13.